The zero-order chi connectivity index (χ0) is 11.8. The Balaban J connectivity index is 1.93. The summed E-state index contributed by atoms with van der Waals surface area (Å²) in [5.74, 6) is 1.82. The standard InChI is InChI=1S/C13H21N3O/c1-9(11-4-6-17-8-11)16-10(2)15-12-7-14-5-3-13(12)16/h9,11,14H,3-8H2,1-2H3. The summed E-state index contributed by atoms with van der Waals surface area (Å²) < 4.78 is 7.97. The predicted molar refractivity (Wildman–Crippen MR) is 66.0 cm³/mol. The van der Waals surface area contributed by atoms with Gasteiger partial charge in [0.1, 0.15) is 5.82 Å². The zero-order valence-corrected chi connectivity index (χ0v) is 10.7. The van der Waals surface area contributed by atoms with Crippen LogP contribution in [0.4, 0.5) is 0 Å². The largest absolute Gasteiger partial charge is 0.381 e. The van der Waals surface area contributed by atoms with Gasteiger partial charge in [-0.2, -0.15) is 0 Å². The fourth-order valence-electron chi connectivity index (χ4n) is 3.15. The Morgan fingerprint density at radius 2 is 2.41 bits per heavy atom. The maximum Gasteiger partial charge on any atom is 0.106 e. The maximum atomic E-state index is 5.51. The quantitative estimate of drug-likeness (QED) is 0.843. The molecule has 0 aromatic carbocycles. The summed E-state index contributed by atoms with van der Waals surface area (Å²) in [6, 6.07) is 0.520. The van der Waals surface area contributed by atoms with E-state index >= 15 is 0 Å². The maximum absolute atomic E-state index is 5.51. The summed E-state index contributed by atoms with van der Waals surface area (Å²) in [4.78, 5) is 4.70. The lowest BCUT2D eigenvalue weighted by Crippen LogP contribution is -2.27. The van der Waals surface area contributed by atoms with Crippen LogP contribution >= 0.6 is 0 Å². The average Bonchev–Trinajstić information content (AvgIpc) is 2.94. The van der Waals surface area contributed by atoms with Crippen molar-refractivity contribution in [3.63, 3.8) is 0 Å². The number of nitrogens with zero attached hydrogens (tertiary/aromatic N) is 2. The minimum absolute atomic E-state index is 0.520. The molecule has 0 radical (unpaired) electrons. The fourth-order valence-corrected chi connectivity index (χ4v) is 3.15. The van der Waals surface area contributed by atoms with E-state index in [0.29, 0.717) is 12.0 Å². The van der Waals surface area contributed by atoms with Crippen LogP contribution in [0.2, 0.25) is 0 Å². The second-order valence-electron chi connectivity index (χ2n) is 5.21. The number of fused-ring (bicyclic) bond motifs is 1. The Bertz CT molecular complexity index is 407. The molecular weight excluding hydrogens is 214 g/mol. The Labute approximate surface area is 102 Å². The first-order chi connectivity index (χ1) is 8.27. The van der Waals surface area contributed by atoms with E-state index in [1.807, 2.05) is 0 Å². The second-order valence-corrected chi connectivity index (χ2v) is 5.21. The summed E-state index contributed by atoms with van der Waals surface area (Å²) in [6.45, 7) is 8.28. The third-order valence-electron chi connectivity index (χ3n) is 4.15. The van der Waals surface area contributed by atoms with Crippen LogP contribution in [-0.4, -0.2) is 29.3 Å². The van der Waals surface area contributed by atoms with Crippen molar-refractivity contribution in [2.24, 2.45) is 5.92 Å². The topological polar surface area (TPSA) is 39.1 Å². The van der Waals surface area contributed by atoms with Crippen LogP contribution in [0.3, 0.4) is 0 Å². The van der Waals surface area contributed by atoms with Crippen LogP contribution in [0.5, 0.6) is 0 Å². The molecule has 1 aromatic heterocycles. The van der Waals surface area contributed by atoms with E-state index in [1.165, 1.54) is 17.8 Å². The summed E-state index contributed by atoms with van der Waals surface area (Å²) >= 11 is 0. The van der Waals surface area contributed by atoms with Crippen molar-refractivity contribution in [1.82, 2.24) is 14.9 Å². The Kier molecular flexibility index (Phi) is 2.92. The molecule has 1 fully saturated rings. The molecule has 2 atom stereocenters. The highest BCUT2D eigenvalue weighted by Gasteiger charge is 2.28. The molecule has 94 valence electrons. The van der Waals surface area contributed by atoms with E-state index in [4.69, 9.17) is 9.72 Å². The average molecular weight is 235 g/mol. The molecule has 3 heterocycles. The Morgan fingerprint density at radius 1 is 1.53 bits per heavy atom. The second kappa shape index (κ2) is 4.42. The molecule has 17 heavy (non-hydrogen) atoms. The van der Waals surface area contributed by atoms with E-state index in [9.17, 15) is 0 Å². The molecule has 2 unspecified atom stereocenters. The van der Waals surface area contributed by atoms with Crippen molar-refractivity contribution in [1.29, 1.82) is 0 Å². The number of aryl methyl sites for hydroxylation is 1. The van der Waals surface area contributed by atoms with E-state index in [-0.39, 0.29) is 0 Å². The first kappa shape index (κ1) is 11.2. The summed E-state index contributed by atoms with van der Waals surface area (Å²) in [5.41, 5.74) is 2.69. The van der Waals surface area contributed by atoms with Gasteiger partial charge in [-0.1, -0.05) is 0 Å². The number of ether oxygens (including phenoxy) is 1. The molecule has 4 heteroatoms. The van der Waals surface area contributed by atoms with Gasteiger partial charge in [-0.3, -0.25) is 0 Å². The monoisotopic (exact) mass is 235 g/mol. The molecule has 2 aliphatic heterocycles. The van der Waals surface area contributed by atoms with Gasteiger partial charge >= 0.3 is 0 Å². The van der Waals surface area contributed by atoms with E-state index in [1.54, 1.807) is 0 Å². The van der Waals surface area contributed by atoms with Gasteiger partial charge in [-0.25, -0.2) is 4.98 Å². The van der Waals surface area contributed by atoms with Crippen molar-refractivity contribution in [3.05, 3.63) is 17.2 Å². The van der Waals surface area contributed by atoms with Gasteiger partial charge < -0.3 is 14.6 Å². The Morgan fingerprint density at radius 3 is 3.18 bits per heavy atom. The van der Waals surface area contributed by atoms with Crippen LogP contribution in [0.25, 0.3) is 0 Å². The third-order valence-corrected chi connectivity index (χ3v) is 4.15. The number of aromatic nitrogens is 2. The van der Waals surface area contributed by atoms with Crippen LogP contribution in [0, 0.1) is 12.8 Å². The highest BCUT2D eigenvalue weighted by molar-refractivity contribution is 5.21. The Hall–Kier alpha value is -0.870. The highest BCUT2D eigenvalue weighted by atomic mass is 16.5. The molecule has 4 nitrogen and oxygen atoms in total. The first-order valence-corrected chi connectivity index (χ1v) is 6.62. The van der Waals surface area contributed by atoms with Crippen LogP contribution in [-0.2, 0) is 17.7 Å². The zero-order valence-electron chi connectivity index (χ0n) is 10.7. The van der Waals surface area contributed by atoms with Gasteiger partial charge in [0.2, 0.25) is 0 Å². The van der Waals surface area contributed by atoms with Crippen molar-refractivity contribution in [2.45, 2.75) is 39.3 Å². The van der Waals surface area contributed by atoms with Crippen LogP contribution < -0.4 is 5.32 Å². The summed E-state index contributed by atoms with van der Waals surface area (Å²) in [7, 11) is 0. The van der Waals surface area contributed by atoms with Crippen LogP contribution in [0.1, 0.15) is 36.6 Å². The molecule has 1 aromatic rings. The smallest absolute Gasteiger partial charge is 0.106 e. The number of rotatable bonds is 2. The van der Waals surface area contributed by atoms with E-state index in [2.05, 4.69) is 23.7 Å². The SMILES string of the molecule is Cc1nc2c(n1C(C)C1CCOC1)CCNC2. The van der Waals surface area contributed by atoms with Crippen molar-refractivity contribution < 1.29 is 4.74 Å². The third kappa shape index (κ3) is 1.89. The van der Waals surface area contributed by atoms with Crippen molar-refractivity contribution in [3.8, 4) is 0 Å². The lowest BCUT2D eigenvalue weighted by atomic mass is 9.99. The molecule has 0 saturated carbocycles. The van der Waals surface area contributed by atoms with Gasteiger partial charge in [0.25, 0.3) is 0 Å². The molecular formula is C13H21N3O. The van der Waals surface area contributed by atoms with Gasteiger partial charge in [-0.05, 0) is 20.3 Å². The van der Waals surface area contributed by atoms with E-state index < -0.39 is 0 Å². The normalized spacial score (nSPS) is 25.9. The lowest BCUT2D eigenvalue weighted by molar-refractivity contribution is 0.174. The number of imidazole rings is 1. The van der Waals surface area contributed by atoms with E-state index in [0.717, 1.165) is 38.5 Å². The molecule has 3 rings (SSSR count). The summed E-state index contributed by atoms with van der Waals surface area (Å²) in [5, 5.41) is 3.39. The minimum atomic E-state index is 0.520. The minimum Gasteiger partial charge on any atom is -0.381 e. The van der Waals surface area contributed by atoms with Crippen LogP contribution in [0.15, 0.2) is 0 Å². The first-order valence-electron chi connectivity index (χ1n) is 6.62. The molecule has 0 spiro atoms. The summed E-state index contributed by atoms with van der Waals surface area (Å²) in [6.07, 6.45) is 2.29. The van der Waals surface area contributed by atoms with Crippen molar-refractivity contribution >= 4 is 0 Å². The molecule has 0 aliphatic carbocycles. The number of nitrogens with one attached hydrogen (secondary N) is 1. The highest BCUT2D eigenvalue weighted by Crippen LogP contribution is 2.30. The number of hydrogen-bond donors (Lipinski definition) is 1. The fraction of sp³-hybridized carbons (Fsp3) is 0.769. The number of hydrogen-bond acceptors (Lipinski definition) is 3. The predicted octanol–water partition coefficient (Wildman–Crippen LogP) is 1.43. The molecule has 2 aliphatic rings. The molecule has 0 amide bonds. The molecule has 1 saturated heterocycles. The molecule has 1 N–H and O–H groups in total. The van der Waals surface area contributed by atoms with Gasteiger partial charge in [0.05, 0.1) is 12.3 Å². The van der Waals surface area contributed by atoms with Gasteiger partial charge in [-0.15, -0.1) is 0 Å². The molecule has 0 bridgehead atoms. The van der Waals surface area contributed by atoms with Gasteiger partial charge in [0, 0.05) is 43.8 Å². The lowest BCUT2D eigenvalue weighted by Gasteiger charge is -2.25. The van der Waals surface area contributed by atoms with Gasteiger partial charge in [0.15, 0.2) is 0 Å². The van der Waals surface area contributed by atoms with Crippen molar-refractivity contribution in [2.75, 3.05) is 19.8 Å².